The molecule has 1 aliphatic heterocycles. The predicted octanol–water partition coefficient (Wildman–Crippen LogP) is 4.10. The Balaban J connectivity index is 1.23. The largest absolute Gasteiger partial charge is 0.367 e. The van der Waals surface area contributed by atoms with Crippen LogP contribution in [0.3, 0.4) is 0 Å². The van der Waals surface area contributed by atoms with Crippen molar-refractivity contribution in [3.63, 3.8) is 0 Å². The summed E-state index contributed by atoms with van der Waals surface area (Å²) in [6.07, 6.45) is 0. The van der Waals surface area contributed by atoms with Crippen LogP contribution in [-0.2, 0) is 6.54 Å². The lowest BCUT2D eigenvalue weighted by molar-refractivity contribution is 0.0747. The molecule has 3 aromatic carbocycles. The molecule has 0 radical (unpaired) electrons. The van der Waals surface area contributed by atoms with E-state index in [-0.39, 0.29) is 5.91 Å². The molecule has 4 aromatic rings. The Hall–Kier alpha value is -3.38. The molecule has 0 spiro atoms. The van der Waals surface area contributed by atoms with E-state index in [0.717, 1.165) is 40.4 Å². The molecule has 0 atom stereocenters. The molecule has 1 saturated heterocycles. The van der Waals surface area contributed by atoms with Gasteiger partial charge in [0.2, 0.25) is 0 Å². The van der Waals surface area contributed by atoms with Crippen molar-refractivity contribution in [2.45, 2.75) is 6.54 Å². The number of rotatable bonds is 4. The average Bonchev–Trinajstić information content (AvgIpc) is 3.22. The lowest BCUT2D eigenvalue weighted by Crippen LogP contribution is -2.48. The number of fused-ring (bicyclic) bond motifs is 1. The number of amides is 1. The molecule has 0 saturated carbocycles. The normalized spacial score (nSPS) is 14.2. The van der Waals surface area contributed by atoms with Gasteiger partial charge in [0.05, 0.1) is 22.8 Å². The smallest absolute Gasteiger partial charge is 0.253 e. The maximum absolute atomic E-state index is 13.0. The van der Waals surface area contributed by atoms with Gasteiger partial charge in [0.1, 0.15) is 5.52 Å². The number of halogens is 1. The van der Waals surface area contributed by atoms with Crippen LogP contribution in [0.5, 0.6) is 0 Å². The van der Waals surface area contributed by atoms with Gasteiger partial charge in [-0.2, -0.15) is 0 Å². The van der Waals surface area contributed by atoms with Crippen LogP contribution in [0.15, 0.2) is 72.8 Å². The van der Waals surface area contributed by atoms with E-state index in [1.165, 1.54) is 0 Å². The molecule has 7 heteroatoms. The fourth-order valence-electron chi connectivity index (χ4n) is 4.00. The summed E-state index contributed by atoms with van der Waals surface area (Å²) in [4.78, 5) is 17.1. The first-order chi connectivity index (χ1) is 15.2. The van der Waals surface area contributed by atoms with Crippen LogP contribution in [0.4, 0.5) is 5.69 Å². The molecule has 0 unspecified atom stereocenters. The number of para-hydroxylation sites is 2. The third-order valence-corrected chi connectivity index (χ3v) is 6.03. The molecular weight excluding hydrogens is 410 g/mol. The summed E-state index contributed by atoms with van der Waals surface area (Å²) in [7, 11) is 0. The highest BCUT2D eigenvalue weighted by atomic mass is 35.5. The molecule has 1 aliphatic rings. The molecule has 0 aliphatic carbocycles. The van der Waals surface area contributed by atoms with E-state index < -0.39 is 0 Å². The van der Waals surface area contributed by atoms with Crippen LogP contribution >= 0.6 is 11.6 Å². The Morgan fingerprint density at radius 3 is 2.35 bits per heavy atom. The molecule has 1 aromatic heterocycles. The summed E-state index contributed by atoms with van der Waals surface area (Å²) < 4.78 is 1.88. The Bertz CT molecular complexity index is 1210. The quantitative estimate of drug-likeness (QED) is 0.488. The number of carbonyl (C=O) groups excluding carboxylic acids is 1. The minimum atomic E-state index is 0.0663. The van der Waals surface area contributed by atoms with Crippen molar-refractivity contribution in [3.05, 3.63) is 88.9 Å². The van der Waals surface area contributed by atoms with Crippen LogP contribution in [0.2, 0.25) is 5.02 Å². The number of anilines is 1. The van der Waals surface area contributed by atoms with Gasteiger partial charge in [0.25, 0.3) is 5.91 Å². The molecule has 2 heterocycles. The second-order valence-corrected chi connectivity index (χ2v) is 8.07. The van der Waals surface area contributed by atoms with E-state index in [1.807, 2.05) is 82.4 Å². The van der Waals surface area contributed by atoms with Crippen molar-refractivity contribution in [3.8, 4) is 0 Å². The van der Waals surface area contributed by atoms with Gasteiger partial charge in [-0.25, -0.2) is 4.68 Å². The van der Waals surface area contributed by atoms with Crippen molar-refractivity contribution in [2.75, 3.05) is 31.1 Å². The number of nitrogens with zero attached hydrogens (tertiary/aromatic N) is 5. The monoisotopic (exact) mass is 431 g/mol. The van der Waals surface area contributed by atoms with Crippen molar-refractivity contribution < 1.29 is 4.79 Å². The van der Waals surface area contributed by atoms with E-state index in [4.69, 9.17) is 11.6 Å². The van der Waals surface area contributed by atoms with Gasteiger partial charge in [-0.1, -0.05) is 53.2 Å². The van der Waals surface area contributed by atoms with Gasteiger partial charge < -0.3 is 9.80 Å². The molecule has 31 heavy (non-hydrogen) atoms. The minimum absolute atomic E-state index is 0.0663. The fourth-order valence-corrected chi connectivity index (χ4v) is 4.26. The zero-order valence-corrected chi connectivity index (χ0v) is 17.7. The van der Waals surface area contributed by atoms with Gasteiger partial charge in [0.15, 0.2) is 0 Å². The minimum Gasteiger partial charge on any atom is -0.367 e. The zero-order valence-electron chi connectivity index (χ0n) is 17.0. The van der Waals surface area contributed by atoms with E-state index >= 15 is 0 Å². The standard InChI is InChI=1S/C24H22ClN5O/c25-20-5-1-3-7-22(20)28-13-15-29(16-14-28)24(31)19-11-9-18(10-12-19)17-30-23-8-4-2-6-21(23)26-27-30/h1-12H,13-17H2. The summed E-state index contributed by atoms with van der Waals surface area (Å²) in [6.45, 7) is 3.51. The van der Waals surface area contributed by atoms with Gasteiger partial charge in [-0.05, 0) is 42.0 Å². The van der Waals surface area contributed by atoms with Crippen LogP contribution in [0, 0.1) is 0 Å². The lowest BCUT2D eigenvalue weighted by Gasteiger charge is -2.36. The van der Waals surface area contributed by atoms with Crippen molar-refractivity contribution in [2.24, 2.45) is 0 Å². The number of aromatic nitrogens is 3. The molecule has 156 valence electrons. The number of carbonyl (C=O) groups is 1. The Morgan fingerprint density at radius 2 is 1.58 bits per heavy atom. The second kappa shape index (κ2) is 8.40. The maximum atomic E-state index is 13.0. The highest BCUT2D eigenvalue weighted by Gasteiger charge is 2.23. The molecule has 5 rings (SSSR count). The maximum Gasteiger partial charge on any atom is 0.253 e. The number of piperazine rings is 1. The summed E-state index contributed by atoms with van der Waals surface area (Å²) in [5.41, 5.74) is 4.69. The third kappa shape index (κ3) is 3.99. The zero-order chi connectivity index (χ0) is 21.2. The highest BCUT2D eigenvalue weighted by Crippen LogP contribution is 2.26. The van der Waals surface area contributed by atoms with E-state index in [1.54, 1.807) is 0 Å². The van der Waals surface area contributed by atoms with E-state index in [2.05, 4.69) is 15.2 Å². The Labute approximate surface area is 185 Å². The first kappa shape index (κ1) is 19.6. The van der Waals surface area contributed by atoms with Gasteiger partial charge in [-0.3, -0.25) is 4.79 Å². The fraction of sp³-hybridized carbons (Fsp3) is 0.208. The number of hydrogen-bond donors (Lipinski definition) is 0. The van der Waals surface area contributed by atoms with Gasteiger partial charge in [-0.15, -0.1) is 5.10 Å². The second-order valence-electron chi connectivity index (χ2n) is 7.66. The molecule has 0 N–H and O–H groups in total. The van der Waals surface area contributed by atoms with Crippen molar-refractivity contribution in [1.29, 1.82) is 0 Å². The molecular formula is C24H22ClN5O. The summed E-state index contributed by atoms with van der Waals surface area (Å²) in [6, 6.07) is 23.5. The Kier molecular flexibility index (Phi) is 5.30. The summed E-state index contributed by atoms with van der Waals surface area (Å²) >= 11 is 6.32. The Morgan fingerprint density at radius 1 is 0.871 bits per heavy atom. The number of benzene rings is 3. The first-order valence-corrected chi connectivity index (χ1v) is 10.7. The topological polar surface area (TPSA) is 54.3 Å². The number of hydrogen-bond acceptors (Lipinski definition) is 4. The van der Waals surface area contributed by atoms with Gasteiger partial charge >= 0.3 is 0 Å². The summed E-state index contributed by atoms with van der Waals surface area (Å²) in [5, 5.41) is 9.18. The SMILES string of the molecule is O=C(c1ccc(Cn2nnc3ccccc32)cc1)N1CCN(c2ccccc2Cl)CC1. The summed E-state index contributed by atoms with van der Waals surface area (Å²) in [5.74, 6) is 0.0663. The van der Waals surface area contributed by atoms with Crippen LogP contribution in [0.25, 0.3) is 11.0 Å². The van der Waals surface area contributed by atoms with Crippen LogP contribution in [-0.4, -0.2) is 52.0 Å². The van der Waals surface area contributed by atoms with Crippen LogP contribution in [0.1, 0.15) is 15.9 Å². The van der Waals surface area contributed by atoms with Crippen molar-refractivity contribution in [1.82, 2.24) is 19.9 Å². The first-order valence-electron chi connectivity index (χ1n) is 10.3. The lowest BCUT2D eigenvalue weighted by atomic mass is 10.1. The highest BCUT2D eigenvalue weighted by molar-refractivity contribution is 6.33. The molecule has 1 fully saturated rings. The van der Waals surface area contributed by atoms with E-state index in [9.17, 15) is 4.79 Å². The molecule has 0 bridgehead atoms. The average molecular weight is 432 g/mol. The third-order valence-electron chi connectivity index (χ3n) is 5.71. The van der Waals surface area contributed by atoms with E-state index in [0.29, 0.717) is 25.2 Å². The van der Waals surface area contributed by atoms with Gasteiger partial charge in [0, 0.05) is 31.7 Å². The molecule has 1 amide bonds. The molecule has 6 nitrogen and oxygen atoms in total. The van der Waals surface area contributed by atoms with Crippen LogP contribution < -0.4 is 4.90 Å². The van der Waals surface area contributed by atoms with Crippen molar-refractivity contribution >= 4 is 34.2 Å². The predicted molar refractivity (Wildman–Crippen MR) is 123 cm³/mol.